The summed E-state index contributed by atoms with van der Waals surface area (Å²) in [6.07, 6.45) is 5.76. The zero-order chi connectivity index (χ0) is 17.4. The molecule has 2 rings (SSSR count). The molecule has 0 saturated carbocycles. The summed E-state index contributed by atoms with van der Waals surface area (Å²) < 4.78 is 5.70. The Morgan fingerprint density at radius 3 is 2.88 bits per heavy atom. The van der Waals surface area contributed by atoms with Gasteiger partial charge in [0, 0.05) is 37.9 Å². The summed E-state index contributed by atoms with van der Waals surface area (Å²) in [6.45, 7) is 3.44. The summed E-state index contributed by atoms with van der Waals surface area (Å²) in [5.41, 5.74) is 1.26. The van der Waals surface area contributed by atoms with Gasteiger partial charge in [0.25, 0.3) is 5.91 Å². The maximum absolute atomic E-state index is 12.6. The number of hydrogen-bond donors (Lipinski definition) is 1. The summed E-state index contributed by atoms with van der Waals surface area (Å²) in [5, 5.41) is 2.86. The highest BCUT2D eigenvalue weighted by Gasteiger charge is 2.20. The van der Waals surface area contributed by atoms with Crippen molar-refractivity contribution in [3.05, 3.63) is 29.8 Å². The van der Waals surface area contributed by atoms with Crippen LogP contribution in [-0.2, 0) is 9.53 Å². The zero-order valence-corrected chi connectivity index (χ0v) is 14.7. The normalized spacial score (nSPS) is 17.3. The zero-order valence-electron chi connectivity index (χ0n) is 14.7. The van der Waals surface area contributed by atoms with Crippen LogP contribution in [0.15, 0.2) is 24.3 Å². The third-order valence-corrected chi connectivity index (χ3v) is 4.25. The van der Waals surface area contributed by atoms with E-state index in [1.54, 1.807) is 30.1 Å². The summed E-state index contributed by atoms with van der Waals surface area (Å²) in [7, 11) is 1.80. The first-order valence-electron chi connectivity index (χ1n) is 8.87. The van der Waals surface area contributed by atoms with Gasteiger partial charge in [0.1, 0.15) is 0 Å². The Morgan fingerprint density at radius 2 is 2.17 bits per heavy atom. The first-order chi connectivity index (χ1) is 11.6. The van der Waals surface area contributed by atoms with Crippen molar-refractivity contribution in [2.24, 2.45) is 0 Å². The van der Waals surface area contributed by atoms with E-state index in [9.17, 15) is 9.59 Å². The van der Waals surface area contributed by atoms with Gasteiger partial charge in [-0.25, -0.2) is 0 Å². The highest BCUT2D eigenvalue weighted by atomic mass is 16.5. The van der Waals surface area contributed by atoms with E-state index in [0.29, 0.717) is 24.2 Å². The van der Waals surface area contributed by atoms with Gasteiger partial charge in [-0.05, 0) is 43.9 Å². The summed E-state index contributed by atoms with van der Waals surface area (Å²) in [4.78, 5) is 26.1. The van der Waals surface area contributed by atoms with Crippen molar-refractivity contribution in [3.63, 3.8) is 0 Å². The van der Waals surface area contributed by atoms with Gasteiger partial charge in [-0.2, -0.15) is 0 Å². The Balaban J connectivity index is 1.93. The van der Waals surface area contributed by atoms with Crippen LogP contribution in [0, 0.1) is 0 Å². The third kappa shape index (κ3) is 5.64. The number of likely N-dealkylation sites (N-methyl/N-ethyl adjacent to an activating group) is 1. The largest absolute Gasteiger partial charge is 0.376 e. The number of rotatable bonds is 7. The molecule has 0 unspecified atom stereocenters. The second-order valence-electron chi connectivity index (χ2n) is 6.41. The van der Waals surface area contributed by atoms with Gasteiger partial charge >= 0.3 is 0 Å². The van der Waals surface area contributed by atoms with E-state index in [4.69, 9.17) is 4.74 Å². The van der Waals surface area contributed by atoms with E-state index in [1.807, 2.05) is 6.07 Å². The number of ether oxygens (including phenoxy) is 1. The van der Waals surface area contributed by atoms with E-state index < -0.39 is 0 Å². The number of anilines is 1. The molecular formula is C19H28N2O3. The van der Waals surface area contributed by atoms with Crippen LogP contribution >= 0.6 is 0 Å². The van der Waals surface area contributed by atoms with Crippen LogP contribution in [0.4, 0.5) is 5.69 Å². The number of benzene rings is 1. The van der Waals surface area contributed by atoms with E-state index >= 15 is 0 Å². The first kappa shape index (κ1) is 18.5. The quantitative estimate of drug-likeness (QED) is 0.832. The lowest BCUT2D eigenvalue weighted by Crippen LogP contribution is -2.37. The van der Waals surface area contributed by atoms with Crippen LogP contribution in [0.3, 0.4) is 0 Å². The molecule has 1 aliphatic rings. The van der Waals surface area contributed by atoms with Crippen molar-refractivity contribution >= 4 is 17.5 Å². The van der Waals surface area contributed by atoms with E-state index in [-0.39, 0.29) is 17.9 Å². The van der Waals surface area contributed by atoms with Gasteiger partial charge in [0.15, 0.2) is 0 Å². The minimum atomic E-state index is -0.0474. The molecule has 132 valence electrons. The van der Waals surface area contributed by atoms with Gasteiger partial charge in [-0.15, -0.1) is 0 Å². The smallest absolute Gasteiger partial charge is 0.253 e. The molecule has 1 saturated heterocycles. The lowest BCUT2D eigenvalue weighted by molar-refractivity contribution is -0.116. The minimum absolute atomic E-state index is 0.00888. The highest BCUT2D eigenvalue weighted by molar-refractivity contribution is 5.97. The lowest BCUT2D eigenvalue weighted by atomic mass is 10.1. The molecule has 1 atom stereocenters. The highest BCUT2D eigenvalue weighted by Crippen LogP contribution is 2.16. The number of carbonyl (C=O) groups is 2. The Bertz CT molecular complexity index is 553. The van der Waals surface area contributed by atoms with Crippen molar-refractivity contribution in [2.75, 3.05) is 25.5 Å². The standard InChI is InChI=1S/C19H28N2O3/c1-3-4-11-18(22)20-16-9-7-8-15(13-16)19(23)21(2)14-17-10-5-6-12-24-17/h7-9,13,17H,3-6,10-12,14H2,1-2H3,(H,20,22)/t17-/m0/s1. The van der Waals surface area contributed by atoms with Crippen LogP contribution < -0.4 is 5.32 Å². The van der Waals surface area contributed by atoms with Crippen molar-refractivity contribution in [1.82, 2.24) is 4.90 Å². The summed E-state index contributed by atoms with van der Waals surface area (Å²) in [5.74, 6) is -0.0563. The molecule has 0 aliphatic carbocycles. The van der Waals surface area contributed by atoms with Crippen molar-refractivity contribution in [2.45, 2.75) is 51.6 Å². The van der Waals surface area contributed by atoms with Gasteiger partial charge in [-0.1, -0.05) is 19.4 Å². The predicted octanol–water partition coefficient (Wildman–Crippen LogP) is 3.46. The Labute approximate surface area is 144 Å². The van der Waals surface area contributed by atoms with E-state index in [1.165, 1.54) is 0 Å². The molecule has 5 heteroatoms. The van der Waals surface area contributed by atoms with E-state index in [2.05, 4.69) is 12.2 Å². The number of nitrogens with zero attached hydrogens (tertiary/aromatic N) is 1. The molecular weight excluding hydrogens is 304 g/mol. The number of nitrogens with one attached hydrogen (secondary N) is 1. The molecule has 1 aromatic rings. The summed E-state index contributed by atoms with van der Waals surface area (Å²) >= 11 is 0. The fourth-order valence-electron chi connectivity index (χ4n) is 2.85. The average Bonchev–Trinajstić information content (AvgIpc) is 2.60. The Morgan fingerprint density at radius 1 is 1.33 bits per heavy atom. The molecule has 1 N–H and O–H groups in total. The molecule has 1 fully saturated rings. The fraction of sp³-hybridized carbons (Fsp3) is 0.579. The third-order valence-electron chi connectivity index (χ3n) is 4.25. The molecule has 0 bridgehead atoms. The van der Waals surface area contributed by atoms with Crippen LogP contribution in [-0.4, -0.2) is 43.0 Å². The van der Waals surface area contributed by atoms with Gasteiger partial charge in [0.2, 0.25) is 5.91 Å². The van der Waals surface area contributed by atoms with Crippen LogP contribution in [0.5, 0.6) is 0 Å². The number of carbonyl (C=O) groups excluding carboxylic acids is 2. The second-order valence-corrected chi connectivity index (χ2v) is 6.41. The monoisotopic (exact) mass is 332 g/mol. The first-order valence-corrected chi connectivity index (χ1v) is 8.87. The predicted molar refractivity (Wildman–Crippen MR) is 95.1 cm³/mol. The Hall–Kier alpha value is -1.88. The van der Waals surface area contributed by atoms with Gasteiger partial charge in [0.05, 0.1) is 6.10 Å². The van der Waals surface area contributed by atoms with Crippen LogP contribution in [0.1, 0.15) is 55.8 Å². The number of amides is 2. The van der Waals surface area contributed by atoms with Gasteiger partial charge in [-0.3, -0.25) is 9.59 Å². The second kappa shape index (κ2) is 9.42. The van der Waals surface area contributed by atoms with Crippen LogP contribution in [0.2, 0.25) is 0 Å². The molecule has 0 spiro atoms. The molecule has 24 heavy (non-hydrogen) atoms. The molecule has 5 nitrogen and oxygen atoms in total. The fourth-order valence-corrected chi connectivity index (χ4v) is 2.85. The SMILES string of the molecule is CCCCC(=O)Nc1cccc(C(=O)N(C)C[C@@H]2CCCCO2)c1. The van der Waals surface area contributed by atoms with E-state index in [0.717, 1.165) is 38.7 Å². The van der Waals surface area contributed by atoms with Crippen molar-refractivity contribution in [3.8, 4) is 0 Å². The molecule has 1 heterocycles. The molecule has 0 radical (unpaired) electrons. The number of unbranched alkanes of at least 4 members (excludes halogenated alkanes) is 1. The molecule has 2 amide bonds. The molecule has 1 aromatic carbocycles. The van der Waals surface area contributed by atoms with Gasteiger partial charge < -0.3 is 15.0 Å². The van der Waals surface area contributed by atoms with Crippen molar-refractivity contribution in [1.29, 1.82) is 0 Å². The lowest BCUT2D eigenvalue weighted by Gasteiger charge is -2.27. The molecule has 0 aromatic heterocycles. The maximum atomic E-state index is 12.6. The molecule has 1 aliphatic heterocycles. The maximum Gasteiger partial charge on any atom is 0.253 e. The summed E-state index contributed by atoms with van der Waals surface area (Å²) in [6, 6.07) is 7.13. The minimum Gasteiger partial charge on any atom is -0.376 e. The Kier molecular flexibility index (Phi) is 7.25. The van der Waals surface area contributed by atoms with Crippen molar-refractivity contribution < 1.29 is 14.3 Å². The van der Waals surface area contributed by atoms with Crippen LogP contribution in [0.25, 0.3) is 0 Å². The topological polar surface area (TPSA) is 58.6 Å². The average molecular weight is 332 g/mol. The number of hydrogen-bond acceptors (Lipinski definition) is 3.